The van der Waals surface area contributed by atoms with Crippen molar-refractivity contribution < 1.29 is 8.42 Å². The van der Waals surface area contributed by atoms with Crippen LogP contribution in [0, 0.1) is 6.92 Å². The van der Waals surface area contributed by atoms with E-state index in [0.717, 1.165) is 17.1 Å². The highest BCUT2D eigenvalue weighted by Crippen LogP contribution is 2.22. The maximum atomic E-state index is 11.7. The van der Waals surface area contributed by atoms with Crippen molar-refractivity contribution in [2.75, 3.05) is 18.1 Å². The second-order valence-electron chi connectivity index (χ2n) is 5.92. The summed E-state index contributed by atoms with van der Waals surface area (Å²) in [4.78, 5) is 0. The Morgan fingerprint density at radius 3 is 2.64 bits per heavy atom. The summed E-state index contributed by atoms with van der Waals surface area (Å²) in [5.74, 6) is 0. The topological polar surface area (TPSA) is 64.0 Å². The Balaban J connectivity index is 2.22. The fraction of sp³-hybridized carbons (Fsp3) is 0.400. The van der Waals surface area contributed by atoms with E-state index < -0.39 is 14.6 Å². The summed E-state index contributed by atoms with van der Waals surface area (Å²) in [7, 11) is -3.14. The molecule has 0 radical (unpaired) electrons. The van der Waals surface area contributed by atoms with Gasteiger partial charge in [-0.1, -0.05) is 17.7 Å². The van der Waals surface area contributed by atoms with Crippen LogP contribution in [0.15, 0.2) is 30.5 Å². The van der Waals surface area contributed by atoms with Gasteiger partial charge < -0.3 is 5.32 Å². The highest BCUT2D eigenvalue weighted by Gasteiger charge is 2.30. The molecule has 0 saturated heterocycles. The van der Waals surface area contributed by atoms with Gasteiger partial charge >= 0.3 is 0 Å². The van der Waals surface area contributed by atoms with E-state index in [9.17, 15) is 8.42 Å². The number of nitrogens with zero attached hydrogens (tertiary/aromatic N) is 2. The van der Waals surface area contributed by atoms with Crippen molar-refractivity contribution >= 4 is 27.1 Å². The molecule has 2 rings (SSSR count). The number of anilines is 1. The minimum atomic E-state index is -3.14. The van der Waals surface area contributed by atoms with Crippen molar-refractivity contribution in [1.82, 2.24) is 9.78 Å². The molecular formula is C15H20ClN3O2S. The number of rotatable bonds is 5. The summed E-state index contributed by atoms with van der Waals surface area (Å²) >= 11 is 6.00. The molecule has 0 aliphatic carbocycles. The third kappa shape index (κ3) is 3.44. The second-order valence-corrected chi connectivity index (χ2v) is 9.01. The van der Waals surface area contributed by atoms with Gasteiger partial charge in [0.15, 0.2) is 9.84 Å². The van der Waals surface area contributed by atoms with Crippen LogP contribution in [0.3, 0.4) is 0 Å². The SMILES string of the molecule is Cc1c(NCC(C)(C)S(C)(=O)=O)cnn1-c1cccc(Cl)c1. The third-order valence-corrected chi connectivity index (χ3v) is 6.16. The summed E-state index contributed by atoms with van der Waals surface area (Å²) < 4.78 is 24.4. The van der Waals surface area contributed by atoms with E-state index in [1.165, 1.54) is 6.26 Å². The Labute approximate surface area is 136 Å². The Morgan fingerprint density at radius 1 is 1.36 bits per heavy atom. The molecule has 0 fully saturated rings. The van der Waals surface area contributed by atoms with Crippen LogP contribution < -0.4 is 5.32 Å². The van der Waals surface area contributed by atoms with Gasteiger partial charge in [0, 0.05) is 17.8 Å². The average Bonchev–Trinajstić information content (AvgIpc) is 2.76. The first kappa shape index (κ1) is 16.8. The van der Waals surface area contributed by atoms with Crippen LogP contribution in [0.1, 0.15) is 19.5 Å². The predicted molar refractivity (Wildman–Crippen MR) is 90.7 cm³/mol. The first-order valence-corrected chi connectivity index (χ1v) is 9.13. The van der Waals surface area contributed by atoms with E-state index in [1.807, 2.05) is 25.1 Å². The van der Waals surface area contributed by atoms with Gasteiger partial charge in [-0.15, -0.1) is 0 Å². The van der Waals surface area contributed by atoms with E-state index in [0.29, 0.717) is 11.6 Å². The minimum absolute atomic E-state index is 0.313. The molecule has 0 spiro atoms. The van der Waals surface area contributed by atoms with Gasteiger partial charge in [-0.2, -0.15) is 5.10 Å². The van der Waals surface area contributed by atoms with Gasteiger partial charge in [0.1, 0.15) is 0 Å². The molecule has 0 unspecified atom stereocenters. The zero-order valence-electron chi connectivity index (χ0n) is 13.1. The van der Waals surface area contributed by atoms with E-state index in [1.54, 1.807) is 30.8 Å². The minimum Gasteiger partial charge on any atom is -0.381 e. The van der Waals surface area contributed by atoms with Crippen molar-refractivity contribution in [2.24, 2.45) is 0 Å². The lowest BCUT2D eigenvalue weighted by molar-refractivity contribution is 0.560. The van der Waals surface area contributed by atoms with Crippen molar-refractivity contribution in [3.05, 3.63) is 41.2 Å². The molecular weight excluding hydrogens is 322 g/mol. The molecule has 1 heterocycles. The van der Waals surface area contributed by atoms with E-state index in [4.69, 9.17) is 11.6 Å². The van der Waals surface area contributed by atoms with Gasteiger partial charge in [0.05, 0.1) is 28.0 Å². The van der Waals surface area contributed by atoms with Gasteiger partial charge in [-0.3, -0.25) is 0 Å². The Bertz CT molecular complexity index is 782. The summed E-state index contributed by atoms with van der Waals surface area (Å²) in [5, 5.41) is 8.14. The van der Waals surface area contributed by atoms with Crippen molar-refractivity contribution in [1.29, 1.82) is 0 Å². The number of benzene rings is 1. The van der Waals surface area contributed by atoms with Crippen molar-refractivity contribution in [3.63, 3.8) is 0 Å². The Morgan fingerprint density at radius 2 is 2.05 bits per heavy atom. The monoisotopic (exact) mass is 341 g/mol. The van der Waals surface area contributed by atoms with Crippen molar-refractivity contribution in [3.8, 4) is 5.69 Å². The van der Waals surface area contributed by atoms with Gasteiger partial charge in [0.2, 0.25) is 0 Å². The molecule has 0 saturated carbocycles. The van der Waals surface area contributed by atoms with E-state index >= 15 is 0 Å². The lowest BCUT2D eigenvalue weighted by Gasteiger charge is -2.23. The molecule has 2 aromatic rings. The third-order valence-electron chi connectivity index (χ3n) is 3.77. The fourth-order valence-electron chi connectivity index (χ4n) is 1.89. The lowest BCUT2D eigenvalue weighted by atomic mass is 10.2. The fourth-order valence-corrected chi connectivity index (χ4v) is 2.41. The number of nitrogens with one attached hydrogen (secondary N) is 1. The quantitative estimate of drug-likeness (QED) is 0.907. The van der Waals surface area contributed by atoms with Crippen LogP contribution >= 0.6 is 11.6 Å². The Kier molecular flexibility index (Phi) is 4.54. The first-order valence-electron chi connectivity index (χ1n) is 6.86. The summed E-state index contributed by atoms with van der Waals surface area (Å²) in [6.45, 7) is 5.63. The zero-order chi connectivity index (χ0) is 16.5. The molecule has 0 aliphatic rings. The van der Waals surface area contributed by atoms with Gasteiger partial charge in [-0.05, 0) is 39.0 Å². The molecule has 0 aliphatic heterocycles. The van der Waals surface area contributed by atoms with E-state index in [-0.39, 0.29) is 0 Å². The summed E-state index contributed by atoms with van der Waals surface area (Å²) in [5.41, 5.74) is 2.56. The number of halogens is 1. The van der Waals surface area contributed by atoms with E-state index in [2.05, 4.69) is 10.4 Å². The van der Waals surface area contributed by atoms with Gasteiger partial charge in [0.25, 0.3) is 0 Å². The van der Waals surface area contributed by atoms with Crippen LogP contribution in [0.2, 0.25) is 5.02 Å². The largest absolute Gasteiger partial charge is 0.381 e. The van der Waals surface area contributed by atoms with Crippen LogP contribution in [0.4, 0.5) is 5.69 Å². The van der Waals surface area contributed by atoms with Crippen LogP contribution in [0.25, 0.3) is 5.69 Å². The van der Waals surface area contributed by atoms with Crippen LogP contribution in [0.5, 0.6) is 0 Å². The molecule has 1 N–H and O–H groups in total. The molecule has 120 valence electrons. The van der Waals surface area contributed by atoms with Crippen molar-refractivity contribution in [2.45, 2.75) is 25.5 Å². The van der Waals surface area contributed by atoms with Gasteiger partial charge in [-0.25, -0.2) is 13.1 Å². The molecule has 0 atom stereocenters. The molecule has 5 nitrogen and oxygen atoms in total. The molecule has 0 amide bonds. The first-order chi connectivity index (χ1) is 10.1. The molecule has 22 heavy (non-hydrogen) atoms. The highest BCUT2D eigenvalue weighted by molar-refractivity contribution is 7.92. The molecule has 7 heteroatoms. The number of hydrogen-bond donors (Lipinski definition) is 1. The lowest BCUT2D eigenvalue weighted by Crippen LogP contribution is -2.38. The zero-order valence-corrected chi connectivity index (χ0v) is 14.7. The standard InChI is InChI=1S/C15H20ClN3O2S/c1-11-14(17-10-15(2,3)22(4,20)21)9-18-19(11)13-7-5-6-12(16)8-13/h5-9,17H,10H2,1-4H3. The number of aromatic nitrogens is 2. The normalized spacial score (nSPS) is 12.4. The van der Waals surface area contributed by atoms with Crippen LogP contribution in [-0.2, 0) is 9.84 Å². The molecule has 1 aromatic carbocycles. The number of sulfone groups is 1. The predicted octanol–water partition coefficient (Wildman–Crippen LogP) is 3.07. The molecule has 0 bridgehead atoms. The maximum Gasteiger partial charge on any atom is 0.154 e. The Hall–Kier alpha value is -1.53. The summed E-state index contributed by atoms with van der Waals surface area (Å²) in [6, 6.07) is 7.40. The summed E-state index contributed by atoms with van der Waals surface area (Å²) in [6.07, 6.45) is 2.94. The molecule has 1 aromatic heterocycles. The average molecular weight is 342 g/mol. The number of hydrogen-bond acceptors (Lipinski definition) is 4. The maximum absolute atomic E-state index is 11.7. The van der Waals surface area contributed by atoms with Crippen LogP contribution in [-0.4, -0.2) is 35.7 Å². The second kappa shape index (κ2) is 5.93. The highest BCUT2D eigenvalue weighted by atomic mass is 35.5. The smallest absolute Gasteiger partial charge is 0.154 e.